The van der Waals surface area contributed by atoms with Crippen LogP contribution in [0.1, 0.15) is 19.0 Å². The normalized spacial score (nSPS) is 24.9. The fourth-order valence-electron chi connectivity index (χ4n) is 1.78. The molecule has 0 bridgehead atoms. The SMILES string of the molecule is C[C@H]1CCN(Cc2cnc[nH]2)C1. The van der Waals surface area contributed by atoms with Crippen LogP contribution in [0.3, 0.4) is 0 Å². The number of imidazole rings is 1. The van der Waals surface area contributed by atoms with Crippen LogP contribution in [0.4, 0.5) is 0 Å². The summed E-state index contributed by atoms with van der Waals surface area (Å²) < 4.78 is 0. The Balaban J connectivity index is 1.88. The predicted molar refractivity (Wildman–Crippen MR) is 47.6 cm³/mol. The smallest absolute Gasteiger partial charge is 0.0922 e. The number of aromatic nitrogens is 2. The van der Waals surface area contributed by atoms with Gasteiger partial charge in [-0.2, -0.15) is 0 Å². The maximum absolute atomic E-state index is 4.00. The van der Waals surface area contributed by atoms with E-state index in [0.29, 0.717) is 0 Å². The van der Waals surface area contributed by atoms with E-state index in [1.54, 1.807) is 6.33 Å². The van der Waals surface area contributed by atoms with Crippen LogP contribution in [0, 0.1) is 5.92 Å². The first-order valence-corrected chi connectivity index (χ1v) is 4.54. The summed E-state index contributed by atoms with van der Waals surface area (Å²) in [7, 11) is 0. The molecule has 3 heteroatoms. The Kier molecular flexibility index (Phi) is 2.13. The molecule has 1 aliphatic heterocycles. The van der Waals surface area contributed by atoms with Crippen molar-refractivity contribution in [2.24, 2.45) is 5.92 Å². The second-order valence-corrected chi connectivity index (χ2v) is 3.71. The van der Waals surface area contributed by atoms with E-state index in [-0.39, 0.29) is 0 Å². The molecule has 2 heterocycles. The highest BCUT2D eigenvalue weighted by molar-refractivity contribution is 4.94. The van der Waals surface area contributed by atoms with E-state index >= 15 is 0 Å². The summed E-state index contributed by atoms with van der Waals surface area (Å²) in [6, 6.07) is 0. The quantitative estimate of drug-likeness (QED) is 0.715. The minimum atomic E-state index is 0.868. The number of H-pyrrole nitrogens is 1. The van der Waals surface area contributed by atoms with Crippen molar-refractivity contribution < 1.29 is 0 Å². The number of nitrogens with zero attached hydrogens (tertiary/aromatic N) is 2. The van der Waals surface area contributed by atoms with Crippen LogP contribution in [0.2, 0.25) is 0 Å². The van der Waals surface area contributed by atoms with E-state index in [0.717, 1.165) is 12.5 Å². The van der Waals surface area contributed by atoms with Gasteiger partial charge in [-0.1, -0.05) is 6.92 Å². The van der Waals surface area contributed by atoms with Crippen LogP contribution in [0.5, 0.6) is 0 Å². The van der Waals surface area contributed by atoms with Crippen molar-refractivity contribution in [2.45, 2.75) is 19.9 Å². The van der Waals surface area contributed by atoms with Gasteiger partial charge < -0.3 is 4.98 Å². The van der Waals surface area contributed by atoms with Crippen molar-refractivity contribution in [3.8, 4) is 0 Å². The van der Waals surface area contributed by atoms with E-state index in [4.69, 9.17) is 0 Å². The van der Waals surface area contributed by atoms with Crippen LogP contribution in [-0.2, 0) is 6.54 Å². The lowest BCUT2D eigenvalue weighted by atomic mass is 10.2. The summed E-state index contributed by atoms with van der Waals surface area (Å²) in [5, 5.41) is 0. The third-order valence-corrected chi connectivity index (χ3v) is 2.46. The van der Waals surface area contributed by atoms with Gasteiger partial charge in [0.15, 0.2) is 0 Å². The maximum Gasteiger partial charge on any atom is 0.0922 e. The number of hydrogen-bond donors (Lipinski definition) is 1. The molecule has 1 fully saturated rings. The monoisotopic (exact) mass is 165 g/mol. The van der Waals surface area contributed by atoms with Gasteiger partial charge in [0.05, 0.1) is 6.33 Å². The summed E-state index contributed by atoms with van der Waals surface area (Å²) in [4.78, 5) is 9.60. The summed E-state index contributed by atoms with van der Waals surface area (Å²) in [5.74, 6) is 0.868. The van der Waals surface area contributed by atoms with Crippen molar-refractivity contribution in [3.05, 3.63) is 18.2 Å². The standard InChI is InChI=1S/C9H15N3/c1-8-2-3-12(5-8)6-9-4-10-7-11-9/h4,7-8H,2-3,5-6H2,1H3,(H,10,11)/t8-/m0/s1. The van der Waals surface area contributed by atoms with Crippen molar-refractivity contribution in [1.29, 1.82) is 0 Å². The lowest BCUT2D eigenvalue weighted by Crippen LogP contribution is -2.19. The van der Waals surface area contributed by atoms with E-state index in [2.05, 4.69) is 21.8 Å². The summed E-state index contributed by atoms with van der Waals surface area (Å²) in [5.41, 5.74) is 1.23. The first kappa shape index (κ1) is 7.80. The van der Waals surface area contributed by atoms with Crippen LogP contribution in [0.25, 0.3) is 0 Å². The number of aromatic amines is 1. The molecule has 1 saturated heterocycles. The third-order valence-electron chi connectivity index (χ3n) is 2.46. The Morgan fingerprint density at radius 3 is 3.25 bits per heavy atom. The zero-order valence-corrected chi connectivity index (χ0v) is 7.45. The van der Waals surface area contributed by atoms with Crippen molar-refractivity contribution in [3.63, 3.8) is 0 Å². The van der Waals surface area contributed by atoms with Gasteiger partial charge in [0.25, 0.3) is 0 Å². The minimum Gasteiger partial charge on any atom is -0.347 e. The summed E-state index contributed by atoms with van der Waals surface area (Å²) >= 11 is 0. The average molecular weight is 165 g/mol. The van der Waals surface area contributed by atoms with Gasteiger partial charge in [0.2, 0.25) is 0 Å². The second-order valence-electron chi connectivity index (χ2n) is 3.71. The predicted octanol–water partition coefficient (Wildman–Crippen LogP) is 1.25. The maximum atomic E-state index is 4.00. The van der Waals surface area contributed by atoms with Gasteiger partial charge in [-0.15, -0.1) is 0 Å². The van der Waals surface area contributed by atoms with Gasteiger partial charge in [0.1, 0.15) is 0 Å². The van der Waals surface area contributed by atoms with E-state index in [9.17, 15) is 0 Å². The zero-order valence-electron chi connectivity index (χ0n) is 7.45. The largest absolute Gasteiger partial charge is 0.347 e. The van der Waals surface area contributed by atoms with Gasteiger partial charge >= 0.3 is 0 Å². The van der Waals surface area contributed by atoms with E-state index in [1.165, 1.54) is 25.2 Å². The Morgan fingerprint density at radius 1 is 1.75 bits per heavy atom. The summed E-state index contributed by atoms with van der Waals surface area (Å²) in [6.45, 7) is 5.82. The fraction of sp³-hybridized carbons (Fsp3) is 0.667. The molecule has 1 aromatic heterocycles. The van der Waals surface area contributed by atoms with Crippen molar-refractivity contribution in [1.82, 2.24) is 14.9 Å². The highest BCUT2D eigenvalue weighted by atomic mass is 15.2. The third kappa shape index (κ3) is 1.67. The Morgan fingerprint density at radius 2 is 2.67 bits per heavy atom. The molecular weight excluding hydrogens is 150 g/mol. The fourth-order valence-corrected chi connectivity index (χ4v) is 1.78. The Labute approximate surface area is 72.8 Å². The first-order valence-electron chi connectivity index (χ1n) is 4.54. The lowest BCUT2D eigenvalue weighted by molar-refractivity contribution is 0.317. The van der Waals surface area contributed by atoms with Gasteiger partial charge in [0, 0.05) is 25.0 Å². The second kappa shape index (κ2) is 3.27. The van der Waals surface area contributed by atoms with Crippen LogP contribution in [0.15, 0.2) is 12.5 Å². The molecular formula is C9H15N3. The molecule has 1 aromatic rings. The van der Waals surface area contributed by atoms with E-state index < -0.39 is 0 Å². The number of nitrogens with one attached hydrogen (secondary N) is 1. The molecule has 66 valence electrons. The number of rotatable bonds is 2. The van der Waals surface area contributed by atoms with Crippen molar-refractivity contribution in [2.75, 3.05) is 13.1 Å². The Hall–Kier alpha value is -0.830. The molecule has 2 rings (SSSR count). The molecule has 3 nitrogen and oxygen atoms in total. The Bertz CT molecular complexity index is 230. The van der Waals surface area contributed by atoms with Gasteiger partial charge in [-0.25, -0.2) is 4.98 Å². The molecule has 1 aliphatic rings. The van der Waals surface area contributed by atoms with Crippen molar-refractivity contribution >= 4 is 0 Å². The zero-order chi connectivity index (χ0) is 8.39. The molecule has 0 amide bonds. The van der Waals surface area contributed by atoms with Crippen LogP contribution >= 0.6 is 0 Å². The van der Waals surface area contributed by atoms with Gasteiger partial charge in [-0.3, -0.25) is 4.90 Å². The minimum absolute atomic E-state index is 0.868. The molecule has 0 radical (unpaired) electrons. The first-order chi connectivity index (χ1) is 5.84. The molecule has 0 aliphatic carbocycles. The highest BCUT2D eigenvalue weighted by Crippen LogP contribution is 2.16. The summed E-state index contributed by atoms with van der Waals surface area (Å²) in [6.07, 6.45) is 4.99. The molecule has 0 saturated carbocycles. The van der Waals surface area contributed by atoms with Crippen LogP contribution in [-0.4, -0.2) is 28.0 Å². The molecule has 1 atom stereocenters. The van der Waals surface area contributed by atoms with Crippen LogP contribution < -0.4 is 0 Å². The topological polar surface area (TPSA) is 31.9 Å². The molecule has 1 N–H and O–H groups in total. The molecule has 12 heavy (non-hydrogen) atoms. The average Bonchev–Trinajstić information content (AvgIpc) is 2.63. The molecule has 0 spiro atoms. The van der Waals surface area contributed by atoms with E-state index in [1.807, 2.05) is 6.20 Å². The molecule has 0 aromatic carbocycles. The molecule has 0 unspecified atom stereocenters. The number of hydrogen-bond acceptors (Lipinski definition) is 2. The van der Waals surface area contributed by atoms with Gasteiger partial charge in [-0.05, 0) is 18.9 Å². The highest BCUT2D eigenvalue weighted by Gasteiger charge is 2.18. The lowest BCUT2D eigenvalue weighted by Gasteiger charge is -2.12. The number of likely N-dealkylation sites (tertiary alicyclic amines) is 1.